The summed E-state index contributed by atoms with van der Waals surface area (Å²) >= 11 is 0. The molecule has 39 heavy (non-hydrogen) atoms. The van der Waals surface area contributed by atoms with Crippen molar-refractivity contribution in [2.24, 2.45) is 5.73 Å². The van der Waals surface area contributed by atoms with Crippen molar-refractivity contribution < 1.29 is 8.78 Å². The fraction of sp³-hybridized carbons (Fsp3) is 0.267. The summed E-state index contributed by atoms with van der Waals surface area (Å²) in [6, 6.07) is 22.0. The first kappa shape index (κ1) is 26.5. The second-order valence-corrected chi connectivity index (χ2v) is 9.80. The molecule has 0 saturated carbocycles. The molecule has 1 saturated heterocycles. The summed E-state index contributed by atoms with van der Waals surface area (Å²) in [6.45, 7) is 2.84. The Kier molecular flexibility index (Phi) is 7.72. The van der Waals surface area contributed by atoms with Crippen molar-refractivity contribution in [2.45, 2.75) is 32.1 Å². The summed E-state index contributed by atoms with van der Waals surface area (Å²) in [5, 5.41) is 3.48. The molecule has 1 aliphatic heterocycles. The fourth-order valence-corrected chi connectivity index (χ4v) is 5.20. The molecule has 5 rings (SSSR count). The molecule has 0 amide bonds. The van der Waals surface area contributed by atoms with E-state index in [-0.39, 0.29) is 24.7 Å². The van der Waals surface area contributed by atoms with Gasteiger partial charge in [0.05, 0.1) is 13.1 Å². The third-order valence-electron chi connectivity index (χ3n) is 7.34. The van der Waals surface area contributed by atoms with E-state index in [1.165, 1.54) is 10.6 Å². The number of benzene rings is 3. The van der Waals surface area contributed by atoms with Crippen molar-refractivity contribution >= 4 is 5.69 Å². The molecule has 0 aliphatic carbocycles. The van der Waals surface area contributed by atoms with Crippen LogP contribution in [-0.4, -0.2) is 28.8 Å². The van der Waals surface area contributed by atoms with Gasteiger partial charge in [0.15, 0.2) is 0 Å². The van der Waals surface area contributed by atoms with E-state index in [1.54, 1.807) is 6.92 Å². The number of rotatable bonds is 7. The highest BCUT2D eigenvalue weighted by atomic mass is 19.1. The number of piperazine rings is 1. The molecule has 0 bridgehead atoms. The SMILES string of the molecule is Cc1c(N2CCNC(c3ccccc3)C2)c(=O)n(C[C@@H](N)c2ccccc2)c(=O)n1Cc1c(F)cccc1F. The molecular weight excluding hydrogens is 500 g/mol. The Hall–Kier alpha value is -4.08. The van der Waals surface area contributed by atoms with Crippen LogP contribution in [0.3, 0.4) is 0 Å². The highest BCUT2D eigenvalue weighted by molar-refractivity contribution is 5.50. The zero-order valence-corrected chi connectivity index (χ0v) is 21.7. The van der Waals surface area contributed by atoms with Crippen LogP contribution in [0.15, 0.2) is 88.5 Å². The predicted molar refractivity (Wildman–Crippen MR) is 148 cm³/mol. The van der Waals surface area contributed by atoms with E-state index >= 15 is 0 Å². The third-order valence-corrected chi connectivity index (χ3v) is 7.34. The minimum atomic E-state index is -0.757. The average Bonchev–Trinajstić information content (AvgIpc) is 2.96. The van der Waals surface area contributed by atoms with Crippen LogP contribution >= 0.6 is 0 Å². The van der Waals surface area contributed by atoms with Crippen molar-refractivity contribution in [3.8, 4) is 0 Å². The minimum Gasteiger partial charge on any atom is -0.362 e. The van der Waals surface area contributed by atoms with Crippen molar-refractivity contribution in [1.29, 1.82) is 0 Å². The van der Waals surface area contributed by atoms with Crippen LogP contribution in [0, 0.1) is 18.6 Å². The lowest BCUT2D eigenvalue weighted by Crippen LogP contribution is -2.51. The van der Waals surface area contributed by atoms with Gasteiger partial charge in [0.1, 0.15) is 17.3 Å². The molecule has 0 radical (unpaired) electrons. The normalized spacial score (nSPS) is 16.3. The smallest absolute Gasteiger partial charge is 0.331 e. The molecule has 7 nitrogen and oxygen atoms in total. The lowest BCUT2D eigenvalue weighted by atomic mass is 10.0. The molecule has 9 heteroatoms. The monoisotopic (exact) mass is 531 g/mol. The van der Waals surface area contributed by atoms with Gasteiger partial charge in [-0.3, -0.25) is 13.9 Å². The van der Waals surface area contributed by atoms with Gasteiger partial charge < -0.3 is 16.0 Å². The Morgan fingerprint density at radius 3 is 2.23 bits per heavy atom. The lowest BCUT2D eigenvalue weighted by Gasteiger charge is -2.36. The molecule has 2 atom stereocenters. The molecule has 1 unspecified atom stereocenters. The van der Waals surface area contributed by atoms with E-state index in [0.29, 0.717) is 31.0 Å². The van der Waals surface area contributed by atoms with Crippen LogP contribution in [0.5, 0.6) is 0 Å². The number of anilines is 1. The van der Waals surface area contributed by atoms with Crippen molar-refractivity contribution in [1.82, 2.24) is 14.5 Å². The second kappa shape index (κ2) is 11.3. The third kappa shape index (κ3) is 5.41. The first-order valence-electron chi connectivity index (χ1n) is 13.0. The first-order valence-corrected chi connectivity index (χ1v) is 13.0. The molecule has 3 aromatic carbocycles. The van der Waals surface area contributed by atoms with E-state index in [1.807, 2.05) is 65.6 Å². The summed E-state index contributed by atoms with van der Waals surface area (Å²) in [5.41, 5.74) is 7.58. The summed E-state index contributed by atoms with van der Waals surface area (Å²) < 4.78 is 31.7. The van der Waals surface area contributed by atoms with Crippen molar-refractivity contribution in [3.05, 3.63) is 134 Å². The molecule has 1 aromatic heterocycles. The summed E-state index contributed by atoms with van der Waals surface area (Å²) in [7, 11) is 0. The van der Waals surface area contributed by atoms with Crippen LogP contribution < -0.4 is 27.2 Å². The van der Waals surface area contributed by atoms with E-state index in [0.717, 1.165) is 27.8 Å². The number of hydrogen-bond acceptors (Lipinski definition) is 5. The quantitative estimate of drug-likeness (QED) is 0.382. The van der Waals surface area contributed by atoms with Crippen LogP contribution in [0.4, 0.5) is 14.5 Å². The minimum absolute atomic E-state index is 0.0387. The van der Waals surface area contributed by atoms with Crippen molar-refractivity contribution in [3.63, 3.8) is 0 Å². The molecule has 2 heterocycles. The van der Waals surface area contributed by atoms with Crippen LogP contribution in [0.2, 0.25) is 0 Å². The van der Waals surface area contributed by atoms with Crippen LogP contribution in [0.1, 0.15) is 34.5 Å². The zero-order valence-electron chi connectivity index (χ0n) is 21.7. The summed E-state index contributed by atoms with van der Waals surface area (Å²) in [5.74, 6) is -1.51. The molecule has 202 valence electrons. The maximum absolute atomic E-state index is 14.6. The molecule has 1 aliphatic rings. The van der Waals surface area contributed by atoms with Gasteiger partial charge in [-0.25, -0.2) is 13.6 Å². The van der Waals surface area contributed by atoms with E-state index < -0.39 is 28.9 Å². The number of nitrogens with two attached hydrogens (primary N) is 1. The number of nitrogens with zero attached hydrogens (tertiary/aromatic N) is 3. The zero-order chi connectivity index (χ0) is 27.5. The largest absolute Gasteiger partial charge is 0.362 e. The number of nitrogens with one attached hydrogen (secondary N) is 1. The van der Waals surface area contributed by atoms with E-state index in [2.05, 4.69) is 5.32 Å². The maximum Gasteiger partial charge on any atom is 0.331 e. The van der Waals surface area contributed by atoms with Gasteiger partial charge >= 0.3 is 5.69 Å². The van der Waals surface area contributed by atoms with Gasteiger partial charge in [-0.2, -0.15) is 0 Å². The molecule has 0 spiro atoms. The van der Waals surface area contributed by atoms with E-state index in [9.17, 15) is 18.4 Å². The molecule has 1 fully saturated rings. The Morgan fingerprint density at radius 2 is 1.56 bits per heavy atom. The van der Waals surface area contributed by atoms with Crippen LogP contribution in [-0.2, 0) is 13.1 Å². The topological polar surface area (TPSA) is 85.3 Å². The fourth-order valence-electron chi connectivity index (χ4n) is 5.20. The maximum atomic E-state index is 14.6. The van der Waals surface area contributed by atoms with Gasteiger partial charge in [0.2, 0.25) is 0 Å². The van der Waals surface area contributed by atoms with Gasteiger partial charge in [-0.05, 0) is 30.2 Å². The van der Waals surface area contributed by atoms with Crippen LogP contribution in [0.25, 0.3) is 0 Å². The van der Waals surface area contributed by atoms with Gasteiger partial charge in [-0.15, -0.1) is 0 Å². The Balaban J connectivity index is 1.62. The standard InChI is InChI=1S/C30H31F2N5O2/c1-20-28(35-16-15-34-27(19-35)22-11-6-3-7-12-22)29(38)37(18-26(33)21-9-4-2-5-10-21)30(39)36(20)17-23-24(31)13-8-14-25(23)32/h2-14,26-27,34H,15-19,33H2,1H3/t26-,27?/m1/s1. The van der Waals surface area contributed by atoms with Gasteiger partial charge in [-0.1, -0.05) is 66.7 Å². The average molecular weight is 532 g/mol. The Morgan fingerprint density at radius 1 is 0.923 bits per heavy atom. The predicted octanol–water partition coefficient (Wildman–Crippen LogP) is 3.50. The highest BCUT2D eigenvalue weighted by Crippen LogP contribution is 2.24. The Labute approximate surface area is 225 Å². The van der Waals surface area contributed by atoms with Gasteiger partial charge in [0.25, 0.3) is 5.56 Å². The number of halogens is 2. The van der Waals surface area contributed by atoms with Gasteiger partial charge in [0, 0.05) is 43.0 Å². The molecular formula is C30H31F2N5O2. The summed E-state index contributed by atoms with van der Waals surface area (Å²) in [6.07, 6.45) is 0. The summed E-state index contributed by atoms with van der Waals surface area (Å²) in [4.78, 5) is 29.6. The van der Waals surface area contributed by atoms with E-state index in [4.69, 9.17) is 5.73 Å². The molecule has 4 aromatic rings. The second-order valence-electron chi connectivity index (χ2n) is 9.80. The number of aromatic nitrogens is 2. The Bertz CT molecular complexity index is 1550. The number of hydrogen-bond donors (Lipinski definition) is 2. The lowest BCUT2D eigenvalue weighted by molar-refractivity contribution is 0.458. The highest BCUT2D eigenvalue weighted by Gasteiger charge is 2.28. The van der Waals surface area contributed by atoms with Crippen molar-refractivity contribution in [2.75, 3.05) is 24.5 Å². The molecule has 3 N–H and O–H groups in total. The first-order chi connectivity index (χ1) is 18.8.